The van der Waals surface area contributed by atoms with Gasteiger partial charge in [-0.15, -0.1) is 0 Å². The highest BCUT2D eigenvalue weighted by Gasteiger charge is 2.56. The fraction of sp³-hybridized carbons (Fsp3) is 0.478. The molecule has 0 heterocycles. The van der Waals surface area contributed by atoms with Crippen molar-refractivity contribution in [3.8, 4) is 22.3 Å². The highest BCUT2D eigenvalue weighted by molar-refractivity contribution is 9.10. The maximum atomic E-state index is 9.47. The molecule has 10 aliphatic carbocycles. The van der Waals surface area contributed by atoms with Crippen LogP contribution in [0.5, 0.6) is 0 Å². The van der Waals surface area contributed by atoms with E-state index in [1.54, 1.807) is 11.1 Å². The van der Waals surface area contributed by atoms with Crippen molar-refractivity contribution in [1.29, 1.82) is 0 Å². The number of fused-ring (bicyclic) bond motifs is 6. The Labute approximate surface area is 307 Å². The standard InChI is InChI=1S/C23H24.C13H9Br.C10H17BO2/c1-2-4-21-18(3-1)10-19-5-6-20(11-22(19)21)23-12-15-7-16(13-23)9-17(8-15)14-23;14-11-6-5-10-7-9-3-1-2-4-12(9)13(10)8-11;12-11(13)10-4-7-1-8(5-10)3-9(2-7)6-10/h1-6,11,15-17H,7-10,12-14H2;1-6,8H,7H2;7-9,12-13H,1-6H2. The molecule has 8 fully saturated rings. The van der Waals surface area contributed by atoms with Gasteiger partial charge in [-0.05, 0) is 193 Å². The molecule has 4 heteroatoms. The van der Waals surface area contributed by atoms with Gasteiger partial charge in [-0.2, -0.15) is 0 Å². The van der Waals surface area contributed by atoms with Crippen molar-refractivity contribution in [2.75, 3.05) is 0 Å². The minimum atomic E-state index is -1.05. The van der Waals surface area contributed by atoms with Crippen molar-refractivity contribution in [2.45, 2.75) is 101 Å². The quantitative estimate of drug-likeness (QED) is 0.175. The molecule has 0 atom stereocenters. The average molecular weight is 726 g/mol. The lowest BCUT2D eigenvalue weighted by Gasteiger charge is -2.57. The molecule has 256 valence electrons. The highest BCUT2D eigenvalue weighted by atomic mass is 79.9. The van der Waals surface area contributed by atoms with E-state index in [-0.39, 0.29) is 5.31 Å². The van der Waals surface area contributed by atoms with Crippen LogP contribution < -0.4 is 0 Å². The molecule has 0 saturated heterocycles. The zero-order valence-corrected chi connectivity index (χ0v) is 30.9. The highest BCUT2D eigenvalue weighted by Crippen LogP contribution is 2.64. The summed E-state index contributed by atoms with van der Waals surface area (Å²) >= 11 is 3.52. The van der Waals surface area contributed by atoms with Gasteiger partial charge in [0.1, 0.15) is 0 Å². The number of rotatable bonds is 2. The van der Waals surface area contributed by atoms with E-state index in [9.17, 15) is 10.0 Å². The lowest BCUT2D eigenvalue weighted by molar-refractivity contribution is -0.00517. The molecule has 8 bridgehead atoms. The Hall–Kier alpha value is -2.66. The van der Waals surface area contributed by atoms with Gasteiger partial charge in [0.25, 0.3) is 0 Å². The van der Waals surface area contributed by atoms with Crippen LogP contribution in [0.2, 0.25) is 5.31 Å². The molecular formula is C46H50BBrO2. The predicted molar refractivity (Wildman–Crippen MR) is 208 cm³/mol. The van der Waals surface area contributed by atoms with Gasteiger partial charge >= 0.3 is 7.12 Å². The van der Waals surface area contributed by atoms with Crippen LogP contribution in [-0.4, -0.2) is 17.2 Å². The summed E-state index contributed by atoms with van der Waals surface area (Å²) in [6, 6.07) is 31.7. The van der Waals surface area contributed by atoms with Crippen molar-refractivity contribution in [2.24, 2.45) is 35.5 Å². The molecule has 0 spiro atoms. The third-order valence-corrected chi connectivity index (χ3v) is 15.3. The normalized spacial score (nSPS) is 33.7. The van der Waals surface area contributed by atoms with Crippen LogP contribution in [0.25, 0.3) is 22.3 Å². The largest absolute Gasteiger partial charge is 0.458 e. The smallest absolute Gasteiger partial charge is 0.427 e. The Morgan fingerprint density at radius 1 is 0.480 bits per heavy atom. The maximum absolute atomic E-state index is 9.47. The van der Waals surface area contributed by atoms with E-state index in [0.717, 1.165) is 72.1 Å². The molecule has 2 nitrogen and oxygen atoms in total. The Kier molecular flexibility index (Phi) is 7.82. The summed E-state index contributed by atoms with van der Waals surface area (Å²) in [7, 11) is -1.05. The Bertz CT molecular complexity index is 1870. The van der Waals surface area contributed by atoms with Crippen molar-refractivity contribution in [3.05, 3.63) is 117 Å². The molecule has 8 saturated carbocycles. The van der Waals surface area contributed by atoms with E-state index in [1.807, 2.05) is 0 Å². The van der Waals surface area contributed by atoms with E-state index in [1.165, 1.54) is 96.7 Å². The van der Waals surface area contributed by atoms with Crippen LogP contribution in [0.3, 0.4) is 0 Å². The average Bonchev–Trinajstić information content (AvgIpc) is 3.65. The summed E-state index contributed by atoms with van der Waals surface area (Å²) in [6.07, 6.45) is 18.6. The maximum Gasteiger partial charge on any atom is 0.458 e. The number of hydrogen-bond donors (Lipinski definition) is 2. The van der Waals surface area contributed by atoms with E-state index in [4.69, 9.17) is 0 Å². The molecule has 2 N–H and O–H groups in total. The van der Waals surface area contributed by atoms with Crippen LogP contribution in [0.4, 0.5) is 0 Å². The van der Waals surface area contributed by atoms with Gasteiger partial charge in [0.2, 0.25) is 0 Å². The van der Waals surface area contributed by atoms with Crippen molar-refractivity contribution in [3.63, 3.8) is 0 Å². The molecule has 0 aliphatic heterocycles. The second kappa shape index (κ2) is 12.2. The molecule has 14 rings (SSSR count). The van der Waals surface area contributed by atoms with Gasteiger partial charge in [-0.25, -0.2) is 0 Å². The summed E-state index contributed by atoms with van der Waals surface area (Å²) in [4.78, 5) is 0. The predicted octanol–water partition coefficient (Wildman–Crippen LogP) is 11.2. The molecule has 4 aromatic carbocycles. The molecular weight excluding hydrogens is 675 g/mol. The summed E-state index contributed by atoms with van der Waals surface area (Å²) < 4.78 is 1.16. The summed E-state index contributed by atoms with van der Waals surface area (Å²) in [5.74, 6) is 5.53. The summed E-state index contributed by atoms with van der Waals surface area (Å²) in [5, 5.41) is 18.9. The van der Waals surface area contributed by atoms with Gasteiger partial charge < -0.3 is 10.0 Å². The molecule has 4 aromatic rings. The van der Waals surface area contributed by atoms with Gasteiger partial charge in [0.05, 0.1) is 0 Å². The molecule has 10 aliphatic rings. The Morgan fingerprint density at radius 3 is 1.40 bits per heavy atom. The van der Waals surface area contributed by atoms with E-state index in [2.05, 4.69) is 101 Å². The number of hydrogen-bond acceptors (Lipinski definition) is 2. The number of benzene rings is 4. The van der Waals surface area contributed by atoms with Crippen LogP contribution in [-0.2, 0) is 18.3 Å². The SMILES string of the molecule is Brc1ccc2c(c1)-c1ccccc1C2.OB(O)C12CC3CC(CC(C3)C1)C2.c1ccc2c(c1)Cc1ccc(C34CC5CC(CC(C5)C3)C4)cc1-2. The topological polar surface area (TPSA) is 40.5 Å². The summed E-state index contributed by atoms with van der Waals surface area (Å²) in [6.45, 7) is 0. The second-order valence-corrected chi connectivity index (χ2v) is 19.1. The monoisotopic (exact) mass is 724 g/mol. The lowest BCUT2D eigenvalue weighted by atomic mass is 9.38. The first-order valence-corrected chi connectivity index (χ1v) is 20.6. The molecule has 0 unspecified atom stereocenters. The summed E-state index contributed by atoms with van der Waals surface area (Å²) in [5.41, 5.74) is 14.0. The minimum Gasteiger partial charge on any atom is -0.427 e. The van der Waals surface area contributed by atoms with Crippen molar-refractivity contribution >= 4 is 23.0 Å². The number of halogens is 1. The first-order valence-electron chi connectivity index (χ1n) is 19.8. The second-order valence-electron chi connectivity index (χ2n) is 18.2. The third-order valence-electron chi connectivity index (χ3n) is 14.8. The van der Waals surface area contributed by atoms with E-state index >= 15 is 0 Å². The van der Waals surface area contributed by atoms with Crippen LogP contribution >= 0.6 is 15.9 Å². The molecule has 50 heavy (non-hydrogen) atoms. The first-order chi connectivity index (χ1) is 24.3. The zero-order valence-electron chi connectivity index (χ0n) is 29.3. The van der Waals surface area contributed by atoms with Crippen LogP contribution in [0.1, 0.15) is 105 Å². The van der Waals surface area contributed by atoms with E-state index < -0.39 is 7.12 Å². The fourth-order valence-electron chi connectivity index (χ4n) is 13.5. The van der Waals surface area contributed by atoms with Crippen LogP contribution in [0, 0.1) is 35.5 Å². The van der Waals surface area contributed by atoms with Gasteiger partial charge in [-0.1, -0.05) is 88.7 Å². The minimum absolute atomic E-state index is 0.0885. The van der Waals surface area contributed by atoms with Crippen molar-refractivity contribution in [1.82, 2.24) is 0 Å². The Balaban J connectivity index is 0.000000101. The molecule has 0 aromatic heterocycles. The molecule has 0 amide bonds. The fourth-order valence-corrected chi connectivity index (χ4v) is 13.9. The van der Waals surface area contributed by atoms with Gasteiger partial charge in [0, 0.05) is 9.79 Å². The zero-order chi connectivity index (χ0) is 33.6. The van der Waals surface area contributed by atoms with E-state index in [0.29, 0.717) is 5.41 Å². The Morgan fingerprint density at radius 2 is 0.900 bits per heavy atom. The third kappa shape index (κ3) is 5.50. The lowest BCUT2D eigenvalue weighted by Crippen LogP contribution is -2.49. The molecule has 0 radical (unpaired) electrons. The van der Waals surface area contributed by atoms with Crippen molar-refractivity contribution < 1.29 is 10.0 Å². The van der Waals surface area contributed by atoms with Gasteiger partial charge in [0.15, 0.2) is 0 Å². The first kappa shape index (κ1) is 32.0. The van der Waals surface area contributed by atoms with Crippen LogP contribution in [0.15, 0.2) is 89.4 Å². The van der Waals surface area contributed by atoms with Gasteiger partial charge in [-0.3, -0.25) is 0 Å².